The van der Waals surface area contributed by atoms with Crippen molar-refractivity contribution in [1.82, 2.24) is 14.8 Å². The zero-order chi connectivity index (χ0) is 12.3. The lowest BCUT2D eigenvalue weighted by molar-refractivity contribution is -0.137. The lowest BCUT2D eigenvalue weighted by Gasteiger charge is -2.12. The van der Waals surface area contributed by atoms with Gasteiger partial charge in [-0.05, 0) is 26.2 Å². The minimum atomic E-state index is -0.769. The molecule has 1 aliphatic heterocycles. The van der Waals surface area contributed by atoms with Gasteiger partial charge in [0.05, 0.1) is 0 Å². The molecule has 2 rings (SSSR count). The van der Waals surface area contributed by atoms with Crippen molar-refractivity contribution >= 4 is 5.97 Å². The summed E-state index contributed by atoms with van der Waals surface area (Å²) < 4.78 is 7.55. The van der Waals surface area contributed by atoms with Gasteiger partial charge in [0, 0.05) is 19.6 Å². The van der Waals surface area contributed by atoms with Gasteiger partial charge in [-0.1, -0.05) is 0 Å². The van der Waals surface area contributed by atoms with Crippen molar-refractivity contribution in [3.8, 4) is 0 Å². The minimum absolute atomic E-state index is 0.0287. The quantitative estimate of drug-likeness (QED) is 0.838. The van der Waals surface area contributed by atoms with Gasteiger partial charge < -0.3 is 14.4 Å². The highest BCUT2D eigenvalue weighted by Gasteiger charge is 2.24. The topological polar surface area (TPSA) is 77.2 Å². The lowest BCUT2D eigenvalue weighted by atomic mass is 10.2. The molecule has 1 aromatic heterocycles. The molecule has 0 bridgehead atoms. The molecule has 0 radical (unpaired) electrons. The van der Waals surface area contributed by atoms with Crippen LogP contribution in [0.15, 0.2) is 0 Å². The van der Waals surface area contributed by atoms with E-state index in [0.29, 0.717) is 13.0 Å². The van der Waals surface area contributed by atoms with E-state index in [0.717, 1.165) is 31.1 Å². The molecule has 0 amide bonds. The van der Waals surface area contributed by atoms with Crippen molar-refractivity contribution in [2.75, 3.05) is 6.61 Å². The number of ether oxygens (including phenoxy) is 1. The Morgan fingerprint density at radius 1 is 1.59 bits per heavy atom. The van der Waals surface area contributed by atoms with Gasteiger partial charge in [0.15, 0.2) is 5.82 Å². The van der Waals surface area contributed by atoms with E-state index in [9.17, 15) is 4.79 Å². The number of carboxylic acids is 1. The predicted octanol–water partition coefficient (Wildman–Crippen LogP) is 1.30. The van der Waals surface area contributed by atoms with E-state index in [1.807, 2.05) is 11.5 Å². The van der Waals surface area contributed by atoms with Crippen LogP contribution in [0.25, 0.3) is 0 Å². The molecule has 1 fully saturated rings. The van der Waals surface area contributed by atoms with Gasteiger partial charge in [-0.3, -0.25) is 4.79 Å². The van der Waals surface area contributed by atoms with Crippen LogP contribution in [0.3, 0.4) is 0 Å². The summed E-state index contributed by atoms with van der Waals surface area (Å²) in [4.78, 5) is 10.5. The zero-order valence-electron chi connectivity index (χ0n) is 9.93. The van der Waals surface area contributed by atoms with Crippen LogP contribution in [0.1, 0.15) is 43.4 Å². The van der Waals surface area contributed by atoms with Crippen LogP contribution in [-0.2, 0) is 16.1 Å². The van der Waals surface area contributed by atoms with Gasteiger partial charge >= 0.3 is 5.97 Å². The maximum absolute atomic E-state index is 10.5. The van der Waals surface area contributed by atoms with Crippen LogP contribution in [0, 0.1) is 6.92 Å². The van der Waals surface area contributed by atoms with Crippen molar-refractivity contribution < 1.29 is 14.6 Å². The molecule has 6 heteroatoms. The third kappa shape index (κ3) is 2.82. The summed E-state index contributed by atoms with van der Waals surface area (Å²) in [6.45, 7) is 3.29. The second-order valence-corrected chi connectivity index (χ2v) is 4.26. The average Bonchev–Trinajstić information content (AvgIpc) is 2.88. The number of aryl methyl sites for hydroxylation is 1. The largest absolute Gasteiger partial charge is 0.481 e. The van der Waals surface area contributed by atoms with E-state index in [1.54, 1.807) is 0 Å². The Labute approximate surface area is 99.6 Å². The molecule has 1 aromatic rings. The predicted molar refractivity (Wildman–Crippen MR) is 59.6 cm³/mol. The molecule has 1 N–H and O–H groups in total. The van der Waals surface area contributed by atoms with E-state index >= 15 is 0 Å². The molecule has 17 heavy (non-hydrogen) atoms. The molecule has 0 saturated carbocycles. The maximum atomic E-state index is 10.5. The van der Waals surface area contributed by atoms with E-state index in [-0.39, 0.29) is 12.5 Å². The fraction of sp³-hybridized carbons (Fsp3) is 0.727. The van der Waals surface area contributed by atoms with Gasteiger partial charge in [0.2, 0.25) is 0 Å². The van der Waals surface area contributed by atoms with Crippen LogP contribution < -0.4 is 0 Å². The average molecular weight is 239 g/mol. The third-order valence-corrected chi connectivity index (χ3v) is 2.95. The molecule has 1 atom stereocenters. The molecule has 1 saturated heterocycles. The highest BCUT2D eigenvalue weighted by Crippen LogP contribution is 2.27. The van der Waals surface area contributed by atoms with E-state index < -0.39 is 5.97 Å². The first kappa shape index (κ1) is 12.0. The second-order valence-electron chi connectivity index (χ2n) is 4.26. The molecule has 94 valence electrons. The minimum Gasteiger partial charge on any atom is -0.481 e. The molecular formula is C11H17N3O3. The number of carboxylic acid groups (broad SMARTS) is 1. The molecular weight excluding hydrogens is 222 g/mol. The zero-order valence-corrected chi connectivity index (χ0v) is 9.93. The van der Waals surface area contributed by atoms with Gasteiger partial charge in [-0.15, -0.1) is 10.2 Å². The normalized spacial score (nSPS) is 19.7. The Kier molecular flexibility index (Phi) is 3.73. The van der Waals surface area contributed by atoms with Crippen molar-refractivity contribution in [3.05, 3.63) is 11.6 Å². The first-order valence-corrected chi connectivity index (χ1v) is 5.91. The Balaban J connectivity index is 2.03. The lowest BCUT2D eigenvalue weighted by Crippen LogP contribution is -2.11. The van der Waals surface area contributed by atoms with Gasteiger partial charge in [0.1, 0.15) is 11.9 Å². The fourth-order valence-electron chi connectivity index (χ4n) is 2.08. The van der Waals surface area contributed by atoms with Crippen molar-refractivity contribution in [2.45, 2.75) is 45.3 Å². The second kappa shape index (κ2) is 5.27. The molecule has 6 nitrogen and oxygen atoms in total. The first-order valence-electron chi connectivity index (χ1n) is 5.91. The van der Waals surface area contributed by atoms with Gasteiger partial charge in [-0.25, -0.2) is 0 Å². The van der Waals surface area contributed by atoms with Crippen LogP contribution in [0.4, 0.5) is 0 Å². The highest BCUT2D eigenvalue weighted by molar-refractivity contribution is 5.66. The third-order valence-electron chi connectivity index (χ3n) is 2.95. The van der Waals surface area contributed by atoms with Crippen molar-refractivity contribution in [1.29, 1.82) is 0 Å². The monoisotopic (exact) mass is 239 g/mol. The summed E-state index contributed by atoms with van der Waals surface area (Å²) in [5, 5.41) is 16.8. The molecule has 1 aliphatic rings. The Bertz CT molecular complexity index is 397. The summed E-state index contributed by atoms with van der Waals surface area (Å²) in [7, 11) is 0. The Hall–Kier alpha value is -1.43. The number of hydrogen-bond acceptors (Lipinski definition) is 4. The van der Waals surface area contributed by atoms with Crippen LogP contribution in [0.2, 0.25) is 0 Å². The van der Waals surface area contributed by atoms with Crippen LogP contribution in [0.5, 0.6) is 0 Å². The molecule has 0 aliphatic carbocycles. The van der Waals surface area contributed by atoms with E-state index in [2.05, 4.69) is 10.2 Å². The molecule has 2 heterocycles. The number of hydrogen-bond donors (Lipinski definition) is 1. The summed E-state index contributed by atoms with van der Waals surface area (Å²) >= 11 is 0. The summed E-state index contributed by atoms with van der Waals surface area (Å²) in [5.74, 6) is 0.890. The number of carbonyl (C=O) groups is 1. The fourth-order valence-corrected chi connectivity index (χ4v) is 2.08. The molecule has 0 spiro atoms. The summed E-state index contributed by atoms with van der Waals surface area (Å²) in [6.07, 6.45) is 2.81. The van der Waals surface area contributed by atoms with E-state index in [4.69, 9.17) is 9.84 Å². The van der Waals surface area contributed by atoms with Crippen molar-refractivity contribution in [2.24, 2.45) is 0 Å². The van der Waals surface area contributed by atoms with Crippen LogP contribution >= 0.6 is 0 Å². The standard InChI is InChI=1S/C11H17N3O3/c1-8-12-13-11(9-4-3-7-17-9)14(8)6-2-5-10(15)16/h9H,2-7H2,1H3,(H,15,16). The maximum Gasteiger partial charge on any atom is 0.303 e. The number of aliphatic carboxylic acids is 1. The van der Waals surface area contributed by atoms with E-state index in [1.165, 1.54) is 0 Å². The smallest absolute Gasteiger partial charge is 0.303 e. The summed E-state index contributed by atoms with van der Waals surface area (Å²) in [5.41, 5.74) is 0. The number of nitrogens with zero attached hydrogens (tertiary/aromatic N) is 3. The number of aromatic nitrogens is 3. The molecule has 1 unspecified atom stereocenters. The summed E-state index contributed by atoms with van der Waals surface area (Å²) in [6, 6.07) is 0. The number of rotatable bonds is 5. The SMILES string of the molecule is Cc1nnc(C2CCCO2)n1CCCC(=O)O. The van der Waals surface area contributed by atoms with Gasteiger partial charge in [0.25, 0.3) is 0 Å². The van der Waals surface area contributed by atoms with Crippen LogP contribution in [-0.4, -0.2) is 32.4 Å². The van der Waals surface area contributed by atoms with Crippen molar-refractivity contribution in [3.63, 3.8) is 0 Å². The highest BCUT2D eigenvalue weighted by atomic mass is 16.5. The van der Waals surface area contributed by atoms with Gasteiger partial charge in [-0.2, -0.15) is 0 Å². The Morgan fingerprint density at radius 2 is 2.41 bits per heavy atom. The first-order chi connectivity index (χ1) is 8.18. The molecule has 0 aromatic carbocycles. The Morgan fingerprint density at radius 3 is 3.06 bits per heavy atom.